The molecular formula is C13H11BrClN5. The van der Waals surface area contributed by atoms with Crippen LogP contribution in [0, 0.1) is 0 Å². The van der Waals surface area contributed by atoms with E-state index in [-0.39, 0.29) is 0 Å². The third-order valence-corrected chi connectivity index (χ3v) is 3.62. The summed E-state index contributed by atoms with van der Waals surface area (Å²) in [6, 6.07) is 5.63. The molecule has 20 heavy (non-hydrogen) atoms. The van der Waals surface area contributed by atoms with Gasteiger partial charge in [0.2, 0.25) is 0 Å². The Bertz CT molecular complexity index is 771. The van der Waals surface area contributed by atoms with Crippen LogP contribution in [0.2, 0.25) is 5.02 Å². The summed E-state index contributed by atoms with van der Waals surface area (Å²) in [5, 5.41) is 6.85. The van der Waals surface area contributed by atoms with E-state index in [1.807, 2.05) is 42.0 Å². The van der Waals surface area contributed by atoms with Gasteiger partial charge in [0.15, 0.2) is 11.5 Å². The first kappa shape index (κ1) is 13.2. The first-order valence-electron chi connectivity index (χ1n) is 5.91. The molecule has 2 heterocycles. The standard InChI is InChI=1S/C13H11BrClN5/c1-16-11-7-20-5-4-17-13(20)12(19-11)18-10-3-2-8(14)6-9(10)15/h2-7,16H,1H3,(H,18,19). The van der Waals surface area contributed by atoms with Crippen molar-refractivity contribution in [1.29, 1.82) is 0 Å². The van der Waals surface area contributed by atoms with Gasteiger partial charge in [-0.1, -0.05) is 27.5 Å². The van der Waals surface area contributed by atoms with Crippen molar-refractivity contribution in [2.24, 2.45) is 0 Å². The largest absolute Gasteiger partial charge is 0.372 e. The normalized spacial score (nSPS) is 10.8. The van der Waals surface area contributed by atoms with Crippen LogP contribution < -0.4 is 10.6 Å². The van der Waals surface area contributed by atoms with Crippen molar-refractivity contribution in [3.8, 4) is 0 Å². The number of nitrogens with one attached hydrogen (secondary N) is 2. The average molecular weight is 353 g/mol. The zero-order valence-electron chi connectivity index (χ0n) is 10.6. The molecule has 0 aliphatic rings. The van der Waals surface area contributed by atoms with E-state index in [9.17, 15) is 0 Å². The Morgan fingerprint density at radius 2 is 2.20 bits per heavy atom. The fraction of sp³-hybridized carbons (Fsp3) is 0.0769. The molecule has 2 aromatic heterocycles. The Hall–Kier alpha value is -1.79. The molecule has 0 amide bonds. The summed E-state index contributed by atoms with van der Waals surface area (Å²) >= 11 is 9.60. The van der Waals surface area contributed by atoms with E-state index in [1.54, 1.807) is 6.20 Å². The van der Waals surface area contributed by atoms with E-state index in [0.29, 0.717) is 10.8 Å². The molecule has 0 spiro atoms. The second-order valence-electron chi connectivity index (χ2n) is 4.13. The molecule has 0 radical (unpaired) electrons. The molecule has 0 fully saturated rings. The Morgan fingerprint density at radius 1 is 1.35 bits per heavy atom. The summed E-state index contributed by atoms with van der Waals surface area (Å²) in [5.74, 6) is 1.39. The predicted molar refractivity (Wildman–Crippen MR) is 85.0 cm³/mol. The molecule has 0 aliphatic heterocycles. The van der Waals surface area contributed by atoms with Crippen molar-refractivity contribution < 1.29 is 0 Å². The van der Waals surface area contributed by atoms with Gasteiger partial charge in [0, 0.05) is 23.9 Å². The van der Waals surface area contributed by atoms with Crippen LogP contribution in [0.15, 0.2) is 41.3 Å². The molecule has 0 aliphatic carbocycles. The molecule has 5 nitrogen and oxygen atoms in total. The molecule has 0 saturated heterocycles. The molecule has 3 aromatic rings. The van der Waals surface area contributed by atoms with Crippen LogP contribution in [0.3, 0.4) is 0 Å². The van der Waals surface area contributed by atoms with Gasteiger partial charge in [-0.3, -0.25) is 0 Å². The highest BCUT2D eigenvalue weighted by Gasteiger charge is 2.09. The number of anilines is 3. The maximum absolute atomic E-state index is 6.22. The monoisotopic (exact) mass is 351 g/mol. The van der Waals surface area contributed by atoms with Gasteiger partial charge in [0.05, 0.1) is 16.9 Å². The quantitative estimate of drug-likeness (QED) is 0.750. The fourth-order valence-corrected chi connectivity index (χ4v) is 2.58. The third-order valence-electron chi connectivity index (χ3n) is 2.81. The maximum atomic E-state index is 6.22. The molecule has 2 N–H and O–H groups in total. The Labute approximate surface area is 129 Å². The second kappa shape index (κ2) is 5.30. The number of halogens is 2. The lowest BCUT2D eigenvalue weighted by Gasteiger charge is -2.10. The van der Waals surface area contributed by atoms with E-state index in [2.05, 4.69) is 36.5 Å². The molecule has 7 heteroatoms. The van der Waals surface area contributed by atoms with Gasteiger partial charge in [0.1, 0.15) is 5.82 Å². The molecule has 1 aromatic carbocycles. The number of rotatable bonds is 3. The highest BCUT2D eigenvalue weighted by atomic mass is 79.9. The van der Waals surface area contributed by atoms with E-state index >= 15 is 0 Å². The van der Waals surface area contributed by atoms with Crippen LogP contribution in [0.4, 0.5) is 17.3 Å². The Balaban J connectivity index is 2.07. The number of aromatic nitrogens is 3. The van der Waals surface area contributed by atoms with Gasteiger partial charge >= 0.3 is 0 Å². The first-order valence-corrected chi connectivity index (χ1v) is 7.08. The Kier molecular flexibility index (Phi) is 3.50. The van der Waals surface area contributed by atoms with Crippen LogP contribution in [-0.4, -0.2) is 21.4 Å². The van der Waals surface area contributed by atoms with Crippen LogP contribution in [-0.2, 0) is 0 Å². The topological polar surface area (TPSA) is 54.2 Å². The van der Waals surface area contributed by atoms with Gasteiger partial charge < -0.3 is 15.0 Å². The second-order valence-corrected chi connectivity index (χ2v) is 5.45. The molecular weight excluding hydrogens is 342 g/mol. The minimum Gasteiger partial charge on any atom is -0.372 e. The molecule has 0 atom stereocenters. The summed E-state index contributed by atoms with van der Waals surface area (Å²) in [6.07, 6.45) is 5.47. The van der Waals surface area contributed by atoms with Gasteiger partial charge in [0.25, 0.3) is 0 Å². The van der Waals surface area contributed by atoms with Gasteiger partial charge in [-0.05, 0) is 18.2 Å². The smallest absolute Gasteiger partial charge is 0.180 e. The number of imidazole rings is 1. The summed E-state index contributed by atoms with van der Waals surface area (Å²) in [7, 11) is 1.82. The van der Waals surface area contributed by atoms with Crippen molar-refractivity contribution in [3.05, 3.63) is 46.3 Å². The summed E-state index contributed by atoms with van der Waals surface area (Å²) in [4.78, 5) is 8.77. The third kappa shape index (κ3) is 2.44. The highest BCUT2D eigenvalue weighted by Crippen LogP contribution is 2.29. The van der Waals surface area contributed by atoms with Crippen LogP contribution in [0.5, 0.6) is 0 Å². The van der Waals surface area contributed by atoms with Crippen LogP contribution in [0.1, 0.15) is 0 Å². The minimum atomic E-state index is 0.612. The molecule has 102 valence electrons. The fourth-order valence-electron chi connectivity index (χ4n) is 1.85. The van der Waals surface area contributed by atoms with Gasteiger partial charge in [-0.25, -0.2) is 9.97 Å². The zero-order valence-corrected chi connectivity index (χ0v) is 12.9. The molecule has 0 unspecified atom stereocenters. The van der Waals surface area contributed by atoms with E-state index in [0.717, 1.165) is 21.6 Å². The van der Waals surface area contributed by atoms with Gasteiger partial charge in [-0.15, -0.1) is 0 Å². The SMILES string of the molecule is CNc1cn2ccnc2c(Nc2ccc(Br)cc2Cl)n1. The Morgan fingerprint density at radius 3 is 2.95 bits per heavy atom. The first-order chi connectivity index (χ1) is 9.67. The van der Waals surface area contributed by atoms with Crippen LogP contribution in [0.25, 0.3) is 5.65 Å². The van der Waals surface area contributed by atoms with Crippen molar-refractivity contribution in [2.75, 3.05) is 17.7 Å². The lowest BCUT2D eigenvalue weighted by molar-refractivity contribution is 1.12. The molecule has 0 saturated carbocycles. The highest BCUT2D eigenvalue weighted by molar-refractivity contribution is 9.10. The number of nitrogens with zero attached hydrogens (tertiary/aromatic N) is 3. The lowest BCUT2D eigenvalue weighted by atomic mass is 10.3. The van der Waals surface area contributed by atoms with E-state index < -0.39 is 0 Å². The number of hydrogen-bond acceptors (Lipinski definition) is 4. The van der Waals surface area contributed by atoms with Crippen LogP contribution >= 0.6 is 27.5 Å². The van der Waals surface area contributed by atoms with E-state index in [1.165, 1.54) is 0 Å². The van der Waals surface area contributed by atoms with Crippen molar-refractivity contribution in [3.63, 3.8) is 0 Å². The number of benzene rings is 1. The summed E-state index contributed by atoms with van der Waals surface area (Å²) in [5.41, 5.74) is 1.52. The minimum absolute atomic E-state index is 0.612. The maximum Gasteiger partial charge on any atom is 0.180 e. The molecule has 0 bridgehead atoms. The number of hydrogen-bond donors (Lipinski definition) is 2. The molecule has 3 rings (SSSR count). The van der Waals surface area contributed by atoms with Crippen molar-refractivity contribution in [2.45, 2.75) is 0 Å². The predicted octanol–water partition coefficient (Wildman–Crippen LogP) is 3.93. The summed E-state index contributed by atoms with van der Waals surface area (Å²) < 4.78 is 2.82. The average Bonchev–Trinajstić information content (AvgIpc) is 2.90. The lowest BCUT2D eigenvalue weighted by Crippen LogP contribution is -2.02. The zero-order chi connectivity index (χ0) is 14.1. The van der Waals surface area contributed by atoms with Crippen molar-refractivity contribution in [1.82, 2.24) is 14.4 Å². The summed E-state index contributed by atoms with van der Waals surface area (Å²) in [6.45, 7) is 0. The van der Waals surface area contributed by atoms with Crippen molar-refractivity contribution >= 4 is 50.5 Å². The van der Waals surface area contributed by atoms with E-state index in [4.69, 9.17) is 11.6 Å². The number of fused-ring (bicyclic) bond motifs is 1. The van der Waals surface area contributed by atoms with Gasteiger partial charge in [-0.2, -0.15) is 0 Å².